The molecule has 0 aromatic heterocycles. The van der Waals surface area contributed by atoms with Gasteiger partial charge in [-0.2, -0.15) is 0 Å². The van der Waals surface area contributed by atoms with Crippen molar-refractivity contribution in [2.45, 2.75) is 6.54 Å². The molecule has 0 unspecified atom stereocenters. The van der Waals surface area contributed by atoms with Crippen molar-refractivity contribution in [1.29, 1.82) is 0 Å². The molecule has 0 saturated carbocycles. The molecular weight excluding hydrogens is 354 g/mol. The Balaban J connectivity index is 1.77. The van der Waals surface area contributed by atoms with Crippen LogP contribution >= 0.6 is 0 Å². The number of anilines is 1. The van der Waals surface area contributed by atoms with Crippen LogP contribution in [0.4, 0.5) is 5.69 Å². The van der Waals surface area contributed by atoms with Gasteiger partial charge < -0.3 is 14.4 Å². The smallest absolute Gasteiger partial charge is 0.265 e. The first-order chi connectivity index (χ1) is 13.7. The Morgan fingerprint density at radius 1 is 0.929 bits per heavy atom. The van der Waals surface area contributed by atoms with Gasteiger partial charge in [-0.15, -0.1) is 0 Å². The molecule has 28 heavy (non-hydrogen) atoms. The summed E-state index contributed by atoms with van der Waals surface area (Å²) in [6, 6.07) is 24.1. The van der Waals surface area contributed by atoms with E-state index in [2.05, 4.69) is 0 Å². The Labute approximate surface area is 164 Å². The number of hydrogen-bond acceptors (Lipinski definition) is 4. The monoisotopic (exact) mass is 375 g/mol. The lowest BCUT2D eigenvalue weighted by molar-refractivity contribution is -0.120. The summed E-state index contributed by atoms with van der Waals surface area (Å²) >= 11 is 0. The van der Waals surface area contributed by atoms with E-state index >= 15 is 0 Å². The average molecular weight is 375 g/mol. The lowest BCUT2D eigenvalue weighted by atomic mass is 10.2. The Hall–Kier alpha value is -3.60. The van der Waals surface area contributed by atoms with Gasteiger partial charge in [0, 0.05) is 11.3 Å². The highest BCUT2D eigenvalue weighted by atomic mass is 16.5. The maximum atomic E-state index is 12.9. The molecule has 5 heteroatoms. The van der Waals surface area contributed by atoms with Crippen LogP contribution in [-0.4, -0.2) is 25.9 Å². The summed E-state index contributed by atoms with van der Waals surface area (Å²) in [5, 5.41) is 0. The minimum absolute atomic E-state index is 0.154. The number of amides is 1. The number of benzene rings is 3. The fourth-order valence-corrected chi connectivity index (χ4v) is 2.79. The Bertz CT molecular complexity index is 926. The van der Waals surface area contributed by atoms with Crippen LogP contribution in [0, 0.1) is 0 Å². The Morgan fingerprint density at radius 2 is 1.61 bits per heavy atom. The van der Waals surface area contributed by atoms with Gasteiger partial charge in [-0.25, -0.2) is 0 Å². The lowest BCUT2D eigenvalue weighted by Gasteiger charge is -2.23. The predicted octanol–water partition coefficient (Wildman–Crippen LogP) is 4.12. The molecule has 0 atom stereocenters. The van der Waals surface area contributed by atoms with E-state index in [4.69, 9.17) is 9.47 Å². The number of nitrogens with zero attached hydrogens (tertiary/aromatic N) is 1. The molecule has 3 aromatic rings. The molecule has 142 valence electrons. The quantitative estimate of drug-likeness (QED) is 0.556. The minimum atomic E-state index is -0.184. The number of carbonyl (C=O) groups is 2. The van der Waals surface area contributed by atoms with Crippen molar-refractivity contribution >= 4 is 17.9 Å². The second kappa shape index (κ2) is 9.37. The molecule has 5 nitrogen and oxygen atoms in total. The number of ether oxygens (including phenoxy) is 2. The third kappa shape index (κ3) is 4.76. The van der Waals surface area contributed by atoms with Crippen molar-refractivity contribution in [2.24, 2.45) is 0 Å². The van der Waals surface area contributed by atoms with E-state index in [-0.39, 0.29) is 12.5 Å². The summed E-state index contributed by atoms with van der Waals surface area (Å²) in [6.45, 7) is 0.285. The molecule has 0 heterocycles. The normalized spacial score (nSPS) is 10.2. The van der Waals surface area contributed by atoms with E-state index in [1.54, 1.807) is 23.1 Å². The van der Waals surface area contributed by atoms with Crippen LogP contribution < -0.4 is 14.4 Å². The fourth-order valence-electron chi connectivity index (χ4n) is 2.79. The molecule has 0 radical (unpaired) electrons. The van der Waals surface area contributed by atoms with Crippen LogP contribution in [0.3, 0.4) is 0 Å². The maximum absolute atomic E-state index is 12.9. The molecule has 0 aliphatic carbocycles. The fraction of sp³-hybridized carbons (Fsp3) is 0.130. The zero-order valence-corrected chi connectivity index (χ0v) is 15.6. The molecular formula is C23H21NO4. The minimum Gasteiger partial charge on any atom is -0.493 e. The summed E-state index contributed by atoms with van der Waals surface area (Å²) in [7, 11) is 1.49. The van der Waals surface area contributed by atoms with E-state index in [1.165, 1.54) is 7.11 Å². The average Bonchev–Trinajstić information content (AvgIpc) is 2.77. The summed E-state index contributed by atoms with van der Waals surface area (Å²) in [5.41, 5.74) is 2.29. The topological polar surface area (TPSA) is 55.8 Å². The van der Waals surface area contributed by atoms with Crippen LogP contribution in [-0.2, 0) is 11.3 Å². The van der Waals surface area contributed by atoms with Crippen LogP contribution in [0.5, 0.6) is 11.5 Å². The van der Waals surface area contributed by atoms with Crippen LogP contribution in [0.25, 0.3) is 0 Å². The van der Waals surface area contributed by atoms with Crippen molar-refractivity contribution in [3.05, 3.63) is 90.0 Å². The molecule has 0 N–H and O–H groups in total. The molecule has 3 aromatic carbocycles. The number of rotatable bonds is 8. The van der Waals surface area contributed by atoms with Gasteiger partial charge >= 0.3 is 0 Å². The van der Waals surface area contributed by atoms with E-state index in [9.17, 15) is 9.59 Å². The number of para-hydroxylation sites is 1. The second-order valence-electron chi connectivity index (χ2n) is 6.12. The van der Waals surface area contributed by atoms with Crippen molar-refractivity contribution in [1.82, 2.24) is 0 Å². The zero-order valence-electron chi connectivity index (χ0n) is 15.6. The van der Waals surface area contributed by atoms with Crippen molar-refractivity contribution < 1.29 is 19.1 Å². The van der Waals surface area contributed by atoms with Gasteiger partial charge in [0.1, 0.15) is 6.29 Å². The first-order valence-corrected chi connectivity index (χ1v) is 8.86. The number of aldehydes is 1. The van der Waals surface area contributed by atoms with E-state index in [1.807, 2.05) is 60.7 Å². The number of carbonyl (C=O) groups excluding carboxylic acids is 2. The third-order valence-electron chi connectivity index (χ3n) is 4.23. The highest BCUT2D eigenvalue weighted by molar-refractivity contribution is 5.94. The maximum Gasteiger partial charge on any atom is 0.265 e. The van der Waals surface area contributed by atoms with Gasteiger partial charge in [0.2, 0.25) is 0 Å². The van der Waals surface area contributed by atoms with Gasteiger partial charge in [0.15, 0.2) is 18.1 Å². The summed E-state index contributed by atoms with van der Waals surface area (Å²) in [6.07, 6.45) is 0.731. The van der Waals surface area contributed by atoms with E-state index < -0.39 is 0 Å². The van der Waals surface area contributed by atoms with Crippen molar-refractivity contribution in [2.75, 3.05) is 18.6 Å². The molecule has 0 spiro atoms. The highest BCUT2D eigenvalue weighted by Gasteiger charge is 2.18. The second-order valence-corrected chi connectivity index (χ2v) is 6.12. The summed E-state index contributed by atoms with van der Waals surface area (Å²) in [4.78, 5) is 25.5. The largest absolute Gasteiger partial charge is 0.493 e. The first-order valence-electron chi connectivity index (χ1n) is 8.86. The first kappa shape index (κ1) is 19.2. The van der Waals surface area contributed by atoms with Gasteiger partial charge in [0.05, 0.1) is 13.7 Å². The number of hydrogen-bond donors (Lipinski definition) is 0. The SMILES string of the molecule is COc1cc(C=O)ccc1OCC(=O)N(Cc1ccccc1)c1ccccc1. The van der Waals surface area contributed by atoms with Crippen LogP contribution in [0.15, 0.2) is 78.9 Å². The van der Waals surface area contributed by atoms with Gasteiger partial charge in [-0.3, -0.25) is 9.59 Å². The highest BCUT2D eigenvalue weighted by Crippen LogP contribution is 2.28. The van der Waals surface area contributed by atoms with Crippen LogP contribution in [0.1, 0.15) is 15.9 Å². The van der Waals surface area contributed by atoms with Crippen molar-refractivity contribution in [3.63, 3.8) is 0 Å². The van der Waals surface area contributed by atoms with Gasteiger partial charge in [-0.1, -0.05) is 48.5 Å². The Morgan fingerprint density at radius 3 is 2.25 bits per heavy atom. The lowest BCUT2D eigenvalue weighted by Crippen LogP contribution is -2.34. The van der Waals surface area contributed by atoms with Crippen molar-refractivity contribution in [3.8, 4) is 11.5 Å². The molecule has 3 rings (SSSR count). The number of methoxy groups -OCH3 is 1. The predicted molar refractivity (Wildman–Crippen MR) is 108 cm³/mol. The van der Waals surface area contributed by atoms with Gasteiger partial charge in [0.25, 0.3) is 5.91 Å². The molecule has 0 aliphatic rings. The third-order valence-corrected chi connectivity index (χ3v) is 4.23. The molecule has 0 bridgehead atoms. The molecule has 1 amide bonds. The summed E-state index contributed by atoms with van der Waals surface area (Å²) in [5.74, 6) is 0.637. The van der Waals surface area contributed by atoms with E-state index in [0.29, 0.717) is 23.6 Å². The Kier molecular flexibility index (Phi) is 6.41. The molecule has 0 fully saturated rings. The standard InChI is InChI=1S/C23H21NO4/c1-27-22-14-19(16-25)12-13-21(22)28-17-23(26)24(20-10-6-3-7-11-20)15-18-8-4-2-5-9-18/h2-14,16H,15,17H2,1H3. The summed E-state index contributed by atoms with van der Waals surface area (Å²) < 4.78 is 10.9. The van der Waals surface area contributed by atoms with Gasteiger partial charge in [-0.05, 0) is 35.9 Å². The van der Waals surface area contributed by atoms with E-state index in [0.717, 1.165) is 17.5 Å². The van der Waals surface area contributed by atoms with Crippen LogP contribution in [0.2, 0.25) is 0 Å². The molecule has 0 saturated heterocycles. The molecule has 0 aliphatic heterocycles. The zero-order chi connectivity index (χ0) is 19.8.